The SMILES string of the molecule is CCN1/C(=C/C=C/C=C/C2=[N+](CCCCS(=O)(=O)O)c3ccc4ccccc4c3C2(C)C)C(C)(C)c2cc(CC(=O)NCCCCNC(=O)[C@@H](C)c3cccc(C(=O)c4ccccc4)c3)ccc21. The van der Waals surface area contributed by atoms with Gasteiger partial charge in [0, 0.05) is 71.7 Å². The number of amides is 2. The van der Waals surface area contributed by atoms with Crippen LogP contribution in [0.25, 0.3) is 10.8 Å². The predicted molar refractivity (Wildman–Crippen MR) is 275 cm³/mol. The van der Waals surface area contributed by atoms with Crippen LogP contribution in [0.5, 0.6) is 0 Å². The fraction of sp³-hybridized carbons (Fsp3) is 0.333. The molecule has 2 amide bonds. The molecular formula is C57H65N4O6S+. The van der Waals surface area contributed by atoms with Gasteiger partial charge in [-0.1, -0.05) is 117 Å². The van der Waals surface area contributed by atoms with Crippen LogP contribution in [-0.2, 0) is 37.0 Å². The van der Waals surface area contributed by atoms with Gasteiger partial charge in [0.2, 0.25) is 17.5 Å². The smallest absolute Gasteiger partial charge is 0.264 e. The van der Waals surface area contributed by atoms with Crippen molar-refractivity contribution < 1.29 is 31.9 Å². The molecule has 0 unspecified atom stereocenters. The molecule has 11 heteroatoms. The number of nitrogens with one attached hydrogen (secondary N) is 2. The molecule has 10 nitrogen and oxygen atoms in total. The Morgan fingerprint density at radius 1 is 0.765 bits per heavy atom. The van der Waals surface area contributed by atoms with Crippen molar-refractivity contribution in [3.05, 3.63) is 179 Å². The normalized spacial score (nSPS) is 16.2. The number of nitrogens with zero attached hydrogens (tertiary/aromatic N) is 2. The lowest BCUT2D eigenvalue weighted by Crippen LogP contribution is -2.30. The van der Waals surface area contributed by atoms with E-state index in [4.69, 9.17) is 0 Å². The second kappa shape index (κ2) is 21.3. The zero-order valence-corrected chi connectivity index (χ0v) is 41.0. The first-order valence-corrected chi connectivity index (χ1v) is 25.4. The maximum Gasteiger partial charge on any atom is 0.264 e. The predicted octanol–water partition coefficient (Wildman–Crippen LogP) is 10.3. The molecule has 1 atom stereocenters. The number of hydrogen-bond donors (Lipinski definition) is 3. The first-order valence-electron chi connectivity index (χ1n) is 23.8. The summed E-state index contributed by atoms with van der Waals surface area (Å²) in [5.74, 6) is -0.894. The van der Waals surface area contributed by atoms with Gasteiger partial charge in [0.25, 0.3) is 10.1 Å². The zero-order chi connectivity index (χ0) is 48.6. The Labute approximate surface area is 402 Å². The summed E-state index contributed by atoms with van der Waals surface area (Å²) < 4.78 is 34.6. The third-order valence-electron chi connectivity index (χ3n) is 13.5. The van der Waals surface area contributed by atoms with E-state index in [1.807, 2.05) is 43.3 Å². The van der Waals surface area contributed by atoms with Crippen LogP contribution < -0.4 is 15.5 Å². The van der Waals surface area contributed by atoms with Gasteiger partial charge in [-0.05, 0) is 98.7 Å². The van der Waals surface area contributed by atoms with Crippen LogP contribution >= 0.6 is 0 Å². The van der Waals surface area contributed by atoms with Crippen molar-refractivity contribution in [1.29, 1.82) is 0 Å². The lowest BCUT2D eigenvalue weighted by atomic mass is 9.79. The molecule has 0 radical (unpaired) electrons. The van der Waals surface area contributed by atoms with Gasteiger partial charge in [0.15, 0.2) is 11.5 Å². The van der Waals surface area contributed by atoms with Crippen LogP contribution in [0.4, 0.5) is 11.4 Å². The molecule has 5 aromatic rings. The fourth-order valence-electron chi connectivity index (χ4n) is 9.81. The molecule has 2 heterocycles. The molecular weight excluding hydrogens is 869 g/mol. The van der Waals surface area contributed by atoms with Crippen molar-refractivity contribution in [2.24, 2.45) is 0 Å². The molecule has 2 aliphatic rings. The summed E-state index contributed by atoms with van der Waals surface area (Å²) >= 11 is 0. The van der Waals surface area contributed by atoms with E-state index in [0.29, 0.717) is 50.0 Å². The van der Waals surface area contributed by atoms with E-state index in [9.17, 15) is 27.4 Å². The molecule has 2 aliphatic heterocycles. The van der Waals surface area contributed by atoms with Gasteiger partial charge in [-0.15, -0.1) is 0 Å². The number of benzene rings is 5. The topological polar surface area (TPSA) is 136 Å². The largest absolute Gasteiger partial charge is 0.356 e. The highest BCUT2D eigenvalue weighted by molar-refractivity contribution is 7.85. The lowest BCUT2D eigenvalue weighted by Gasteiger charge is -2.25. The highest BCUT2D eigenvalue weighted by Crippen LogP contribution is 2.48. The Morgan fingerprint density at radius 3 is 2.24 bits per heavy atom. The zero-order valence-electron chi connectivity index (χ0n) is 40.2. The maximum absolute atomic E-state index is 13.1. The Morgan fingerprint density at radius 2 is 1.49 bits per heavy atom. The lowest BCUT2D eigenvalue weighted by molar-refractivity contribution is -0.438. The van der Waals surface area contributed by atoms with Gasteiger partial charge in [-0.3, -0.25) is 18.9 Å². The van der Waals surface area contributed by atoms with Gasteiger partial charge >= 0.3 is 0 Å². The van der Waals surface area contributed by atoms with E-state index in [2.05, 4.69) is 134 Å². The minimum absolute atomic E-state index is 0.0440. The number of unbranched alkanes of at least 4 members (excludes halogenated alkanes) is 2. The summed E-state index contributed by atoms with van der Waals surface area (Å²) in [4.78, 5) is 41.4. The van der Waals surface area contributed by atoms with E-state index < -0.39 is 16.0 Å². The molecule has 0 bridgehead atoms. The number of fused-ring (bicyclic) bond motifs is 4. The summed E-state index contributed by atoms with van der Waals surface area (Å²) in [6.45, 7) is 15.3. The van der Waals surface area contributed by atoms with Crippen molar-refractivity contribution in [2.75, 3.05) is 36.8 Å². The molecule has 5 aromatic carbocycles. The maximum atomic E-state index is 13.1. The van der Waals surface area contributed by atoms with Crippen molar-refractivity contribution in [3.63, 3.8) is 0 Å². The highest BCUT2D eigenvalue weighted by atomic mass is 32.2. The summed E-state index contributed by atoms with van der Waals surface area (Å²) in [6.07, 6.45) is 13.2. The van der Waals surface area contributed by atoms with Gasteiger partial charge in [0.1, 0.15) is 6.54 Å². The Kier molecular flexibility index (Phi) is 15.5. The first kappa shape index (κ1) is 49.5. The molecule has 3 N–H and O–H groups in total. The standard InChI is InChI=1S/C57H64N4O6S/c1-7-60-48-31-29-41(38-52(62)58-33-16-17-34-59-55(64)40(2)44-24-20-25-45(39-44)54(63)43-22-10-8-11-23-43)37-47(48)56(3,4)50(60)27-12-9-13-28-51-57(5,6)53-46-26-15-14-21-42(46)30-32-49(53)61(51)35-18-19-36-68(65,66)67/h8-15,20-32,37,39-40H,7,16-19,33-36,38H2,1-6H3,(H2-,58,59,62,64,65,66,67)/p+1/t40-/m0/s1. The van der Waals surface area contributed by atoms with Gasteiger partial charge in [-0.2, -0.15) is 13.0 Å². The second-order valence-corrected chi connectivity index (χ2v) is 20.5. The molecule has 0 fully saturated rings. The average molecular weight is 934 g/mol. The monoisotopic (exact) mass is 933 g/mol. The molecule has 7 rings (SSSR count). The second-order valence-electron chi connectivity index (χ2n) is 18.9. The number of anilines is 1. The number of allylic oxidation sites excluding steroid dienone is 6. The van der Waals surface area contributed by atoms with Crippen LogP contribution in [0.15, 0.2) is 145 Å². The summed E-state index contributed by atoms with van der Waals surface area (Å²) in [5.41, 5.74) is 9.26. The Hall–Kier alpha value is -6.43. The molecule has 0 aromatic heterocycles. The Balaban J connectivity index is 0.929. The molecule has 0 saturated heterocycles. The van der Waals surface area contributed by atoms with E-state index >= 15 is 0 Å². The van der Waals surface area contributed by atoms with Crippen molar-refractivity contribution in [1.82, 2.24) is 10.6 Å². The van der Waals surface area contributed by atoms with Crippen LogP contribution in [0.1, 0.15) is 111 Å². The van der Waals surface area contributed by atoms with Crippen LogP contribution in [0.2, 0.25) is 0 Å². The van der Waals surface area contributed by atoms with E-state index in [0.717, 1.165) is 41.2 Å². The van der Waals surface area contributed by atoms with Gasteiger partial charge < -0.3 is 15.5 Å². The van der Waals surface area contributed by atoms with Gasteiger partial charge in [0.05, 0.1) is 23.5 Å². The quantitative estimate of drug-likeness (QED) is 0.0232. The third-order valence-corrected chi connectivity index (χ3v) is 14.3. The van der Waals surface area contributed by atoms with Crippen LogP contribution in [0, 0.1) is 0 Å². The van der Waals surface area contributed by atoms with Crippen LogP contribution in [0.3, 0.4) is 0 Å². The van der Waals surface area contributed by atoms with Gasteiger partial charge in [-0.25, -0.2) is 0 Å². The molecule has 0 spiro atoms. The fourth-order valence-corrected chi connectivity index (χ4v) is 10.4. The highest BCUT2D eigenvalue weighted by Gasteiger charge is 2.45. The molecule has 0 saturated carbocycles. The third kappa shape index (κ3) is 11.1. The minimum Gasteiger partial charge on any atom is -0.356 e. The number of carbonyl (C=O) groups is 3. The van der Waals surface area contributed by atoms with Crippen molar-refractivity contribution >= 4 is 55.6 Å². The summed E-state index contributed by atoms with van der Waals surface area (Å²) in [7, 11) is -4.02. The molecule has 68 heavy (non-hydrogen) atoms. The molecule has 354 valence electrons. The molecule has 0 aliphatic carbocycles. The van der Waals surface area contributed by atoms with Crippen LogP contribution in [-0.4, -0.2) is 72.8 Å². The van der Waals surface area contributed by atoms with Crippen molar-refractivity contribution in [2.45, 2.75) is 90.4 Å². The summed E-state index contributed by atoms with van der Waals surface area (Å²) in [5, 5.41) is 8.45. The number of hydrogen-bond acceptors (Lipinski definition) is 6. The number of carbonyl (C=O) groups excluding carboxylic acids is 3. The average Bonchev–Trinajstić information content (AvgIpc) is 3.68. The number of likely N-dealkylation sites (N-methyl/N-ethyl adjacent to an activating group) is 1. The van der Waals surface area contributed by atoms with Crippen molar-refractivity contribution in [3.8, 4) is 0 Å². The first-order chi connectivity index (χ1) is 32.5. The minimum atomic E-state index is -4.02. The Bertz CT molecular complexity index is 2930. The number of rotatable bonds is 20. The van der Waals surface area contributed by atoms with E-state index in [1.165, 1.54) is 27.6 Å². The van der Waals surface area contributed by atoms with E-state index in [1.54, 1.807) is 24.3 Å². The summed E-state index contributed by atoms with van der Waals surface area (Å²) in [6, 6.07) is 35.4. The number of ketones is 1. The van der Waals surface area contributed by atoms with E-state index in [-0.39, 0.29) is 40.6 Å².